The van der Waals surface area contributed by atoms with Crippen LogP contribution >= 0.6 is 63.1 Å². The minimum Gasteiger partial charge on any atom is -0.503 e. The van der Waals surface area contributed by atoms with Gasteiger partial charge in [0.25, 0.3) is 5.91 Å². The minimum absolute atomic E-state index is 0.0350. The average molecular weight is 563 g/mol. The molecule has 0 atom stereocenters. The van der Waals surface area contributed by atoms with Gasteiger partial charge >= 0.3 is 6.03 Å². The summed E-state index contributed by atoms with van der Waals surface area (Å²) in [5.41, 5.74) is 3.41. The third-order valence-corrected chi connectivity index (χ3v) is 6.48. The van der Waals surface area contributed by atoms with Gasteiger partial charge in [0, 0.05) is 5.69 Å². The normalized spacial score (nSPS) is 14.8. The number of amides is 3. The number of anilines is 1. The fourth-order valence-electron chi connectivity index (χ4n) is 2.49. The molecule has 0 aliphatic carbocycles. The van der Waals surface area contributed by atoms with Crippen molar-refractivity contribution >= 4 is 91.1 Å². The first-order valence-corrected chi connectivity index (χ1v) is 11.4. The molecular weight excluding hydrogens is 549 g/mol. The Balaban J connectivity index is 1.74. The monoisotopic (exact) mass is 561 g/mol. The highest BCUT2D eigenvalue weighted by atomic mass is 79.9. The smallest absolute Gasteiger partial charge is 0.338 e. The predicted octanol–water partition coefficient (Wildman–Crippen LogP) is 5.80. The van der Waals surface area contributed by atoms with E-state index < -0.39 is 11.9 Å². The van der Waals surface area contributed by atoms with Crippen molar-refractivity contribution in [2.75, 3.05) is 11.9 Å². The number of phenolic OH excluding ortho intramolecular Hbond substituents is 1. The van der Waals surface area contributed by atoms with Crippen molar-refractivity contribution in [3.8, 4) is 11.5 Å². The lowest BCUT2D eigenvalue weighted by atomic mass is 10.2. The molecule has 1 saturated heterocycles. The molecule has 7 nitrogen and oxygen atoms in total. The van der Waals surface area contributed by atoms with Crippen LogP contribution in [0.4, 0.5) is 10.5 Å². The van der Waals surface area contributed by atoms with Gasteiger partial charge in [-0.05, 0) is 77.0 Å². The lowest BCUT2D eigenvalue weighted by molar-refractivity contribution is -0.123. The number of carbonyl (C=O) groups is 2. The second kappa shape index (κ2) is 10.1. The summed E-state index contributed by atoms with van der Waals surface area (Å²) in [5.74, 6) is -0.258. The van der Waals surface area contributed by atoms with Crippen LogP contribution in [-0.4, -0.2) is 33.0 Å². The SMILES string of the molecule is CCOc1cc(/C=C2/SC(=S)N(NC(=O)Nc3ccc(Cl)c(Cl)c3)C2=O)cc(Br)c1O. The Morgan fingerprint density at radius 3 is 2.74 bits per heavy atom. The molecule has 1 aliphatic heterocycles. The number of ether oxygens (including phenoxy) is 1. The number of phenols is 1. The number of nitrogens with zero attached hydrogens (tertiary/aromatic N) is 1. The Kier molecular flexibility index (Phi) is 7.71. The molecule has 12 heteroatoms. The van der Waals surface area contributed by atoms with E-state index in [1.807, 2.05) is 0 Å². The first-order chi connectivity index (χ1) is 14.7. The molecule has 0 bridgehead atoms. The summed E-state index contributed by atoms with van der Waals surface area (Å²) in [4.78, 5) is 25.3. The highest BCUT2D eigenvalue weighted by molar-refractivity contribution is 9.10. The molecule has 0 aromatic heterocycles. The van der Waals surface area contributed by atoms with Gasteiger partial charge in [0.2, 0.25) is 0 Å². The van der Waals surface area contributed by atoms with E-state index in [0.717, 1.165) is 16.8 Å². The molecule has 3 rings (SSSR count). The largest absolute Gasteiger partial charge is 0.503 e. The fourth-order valence-corrected chi connectivity index (χ4v) is 4.43. The van der Waals surface area contributed by atoms with Gasteiger partial charge in [-0.25, -0.2) is 10.2 Å². The number of nitrogens with one attached hydrogen (secondary N) is 2. The number of thioether (sulfide) groups is 1. The summed E-state index contributed by atoms with van der Waals surface area (Å²) >= 11 is 21.3. The van der Waals surface area contributed by atoms with Crippen molar-refractivity contribution in [1.82, 2.24) is 10.4 Å². The van der Waals surface area contributed by atoms with E-state index in [1.54, 1.807) is 31.2 Å². The maximum Gasteiger partial charge on any atom is 0.338 e. The number of hydrogen-bond acceptors (Lipinski definition) is 6. The molecule has 1 aliphatic rings. The first-order valence-electron chi connectivity index (χ1n) is 8.65. The second-order valence-corrected chi connectivity index (χ2v) is 9.34. The molecule has 3 amide bonds. The molecule has 0 saturated carbocycles. The Morgan fingerprint density at radius 1 is 1.32 bits per heavy atom. The van der Waals surface area contributed by atoms with Crippen LogP contribution in [0, 0.1) is 0 Å². The van der Waals surface area contributed by atoms with Gasteiger partial charge in [0.15, 0.2) is 15.8 Å². The van der Waals surface area contributed by atoms with Gasteiger partial charge in [-0.3, -0.25) is 4.79 Å². The molecule has 0 spiro atoms. The third kappa shape index (κ3) is 5.64. The van der Waals surface area contributed by atoms with Crippen LogP contribution in [0.2, 0.25) is 10.0 Å². The maximum absolute atomic E-state index is 12.7. The summed E-state index contributed by atoms with van der Waals surface area (Å²) in [6.07, 6.45) is 1.59. The molecule has 2 aromatic carbocycles. The highest BCUT2D eigenvalue weighted by Gasteiger charge is 2.33. The molecule has 1 fully saturated rings. The zero-order chi connectivity index (χ0) is 22.7. The number of rotatable bonds is 5. The van der Waals surface area contributed by atoms with Gasteiger partial charge < -0.3 is 15.2 Å². The van der Waals surface area contributed by atoms with Crippen molar-refractivity contribution in [3.05, 3.63) is 55.3 Å². The van der Waals surface area contributed by atoms with E-state index in [0.29, 0.717) is 32.3 Å². The predicted molar refractivity (Wildman–Crippen MR) is 131 cm³/mol. The van der Waals surface area contributed by atoms with E-state index >= 15 is 0 Å². The molecule has 162 valence electrons. The molecule has 2 aromatic rings. The lowest BCUT2D eigenvalue weighted by Gasteiger charge is -2.16. The van der Waals surface area contributed by atoms with Crippen LogP contribution in [0.25, 0.3) is 6.08 Å². The quantitative estimate of drug-likeness (QED) is 0.315. The van der Waals surface area contributed by atoms with E-state index in [9.17, 15) is 14.7 Å². The number of thiocarbonyl (C=S) groups is 1. The molecule has 1 heterocycles. The first kappa shape index (κ1) is 23.7. The van der Waals surface area contributed by atoms with Crippen LogP contribution in [0.5, 0.6) is 11.5 Å². The van der Waals surface area contributed by atoms with Crippen molar-refractivity contribution in [1.29, 1.82) is 0 Å². The zero-order valence-electron chi connectivity index (χ0n) is 15.7. The van der Waals surface area contributed by atoms with E-state index in [-0.39, 0.29) is 20.8 Å². The van der Waals surface area contributed by atoms with Crippen molar-refractivity contribution in [2.45, 2.75) is 6.92 Å². The zero-order valence-corrected chi connectivity index (χ0v) is 20.5. The fraction of sp³-hybridized carbons (Fsp3) is 0.105. The van der Waals surface area contributed by atoms with Crippen molar-refractivity contribution < 1.29 is 19.4 Å². The van der Waals surface area contributed by atoms with E-state index in [2.05, 4.69) is 26.7 Å². The lowest BCUT2D eigenvalue weighted by Crippen LogP contribution is -2.46. The van der Waals surface area contributed by atoms with E-state index in [4.69, 9.17) is 40.2 Å². The topological polar surface area (TPSA) is 90.9 Å². The van der Waals surface area contributed by atoms with Crippen molar-refractivity contribution in [3.63, 3.8) is 0 Å². The van der Waals surface area contributed by atoms with Crippen LogP contribution < -0.4 is 15.5 Å². The van der Waals surface area contributed by atoms with Gasteiger partial charge in [-0.2, -0.15) is 5.01 Å². The molecule has 0 unspecified atom stereocenters. The van der Waals surface area contributed by atoms with Crippen LogP contribution in [-0.2, 0) is 4.79 Å². The van der Waals surface area contributed by atoms with Crippen molar-refractivity contribution in [2.24, 2.45) is 0 Å². The Morgan fingerprint density at radius 2 is 2.06 bits per heavy atom. The third-order valence-electron chi connectivity index (χ3n) is 3.83. The summed E-state index contributed by atoms with van der Waals surface area (Å²) in [7, 11) is 0. The number of benzene rings is 2. The molecule has 3 N–H and O–H groups in total. The number of aromatic hydroxyl groups is 1. The Labute approximate surface area is 205 Å². The van der Waals surface area contributed by atoms with Gasteiger partial charge in [-0.15, -0.1) is 0 Å². The Hall–Kier alpha value is -1.98. The summed E-state index contributed by atoms with van der Waals surface area (Å²) in [5, 5.41) is 14.2. The van der Waals surface area contributed by atoms with Gasteiger partial charge in [0.05, 0.1) is 26.0 Å². The summed E-state index contributed by atoms with van der Waals surface area (Å²) in [6, 6.07) is 7.13. The molecule has 31 heavy (non-hydrogen) atoms. The van der Waals surface area contributed by atoms with Crippen LogP contribution in [0.1, 0.15) is 12.5 Å². The number of hydrazine groups is 1. The standard InChI is InChI=1S/C19H14BrCl2N3O4S2/c1-2-29-14-6-9(5-11(20)16(14)26)7-15-17(27)25(19(30)31-15)24-18(28)23-10-3-4-12(21)13(22)8-10/h3-8,26H,2H2,1H3,(H2,23,24,28)/b15-7+. The Bertz CT molecular complexity index is 1110. The highest BCUT2D eigenvalue weighted by Crippen LogP contribution is 2.38. The summed E-state index contributed by atoms with van der Waals surface area (Å²) in [6.45, 7) is 2.16. The number of hydrogen-bond donors (Lipinski definition) is 3. The molecular formula is C19H14BrCl2N3O4S2. The average Bonchev–Trinajstić information content (AvgIpc) is 2.96. The molecule has 0 radical (unpaired) electrons. The van der Waals surface area contributed by atoms with Gasteiger partial charge in [0.1, 0.15) is 0 Å². The number of urea groups is 1. The summed E-state index contributed by atoms with van der Waals surface area (Å²) < 4.78 is 5.97. The van der Waals surface area contributed by atoms with Crippen LogP contribution in [0.15, 0.2) is 39.7 Å². The maximum atomic E-state index is 12.7. The number of carbonyl (C=O) groups excluding carboxylic acids is 2. The van der Waals surface area contributed by atoms with E-state index in [1.165, 1.54) is 12.1 Å². The minimum atomic E-state index is -0.679. The van der Waals surface area contributed by atoms with Gasteiger partial charge in [-0.1, -0.05) is 35.0 Å². The van der Waals surface area contributed by atoms with Crippen LogP contribution in [0.3, 0.4) is 0 Å². The second-order valence-electron chi connectivity index (χ2n) is 5.99. The number of halogens is 3.